The Bertz CT molecular complexity index is 667. The fourth-order valence-corrected chi connectivity index (χ4v) is 0.426. The summed E-state index contributed by atoms with van der Waals surface area (Å²) in [6, 6.07) is 2.28. The van der Waals surface area contributed by atoms with E-state index in [1.54, 1.807) is 0 Å². The first-order valence-corrected chi connectivity index (χ1v) is 4.16. The van der Waals surface area contributed by atoms with Gasteiger partial charge >= 0.3 is 0 Å². The van der Waals surface area contributed by atoms with Gasteiger partial charge in [0.15, 0.2) is 0 Å². The van der Waals surface area contributed by atoms with Gasteiger partial charge in [-0.2, -0.15) is 0 Å². The molecule has 0 amide bonds. The molecule has 0 aromatic heterocycles. The zero-order valence-corrected chi connectivity index (χ0v) is 8.97. The zero-order valence-electron chi connectivity index (χ0n) is 8.97. The van der Waals surface area contributed by atoms with Crippen LogP contribution in [0.25, 0.3) is 0 Å². The topological polar surface area (TPSA) is 23.5 Å². The van der Waals surface area contributed by atoms with Gasteiger partial charge in [0, 0.05) is 48.6 Å². The Balaban J connectivity index is 4.24. The van der Waals surface area contributed by atoms with E-state index in [1.165, 1.54) is 7.05 Å². The normalized spacial score (nSPS) is 4.53. The molecule has 1 N–H and O–H groups in total. The van der Waals surface area contributed by atoms with E-state index in [-0.39, 0.29) is 0 Å². The van der Waals surface area contributed by atoms with Gasteiger partial charge in [-0.1, -0.05) is 0 Å². The summed E-state index contributed by atoms with van der Waals surface area (Å²) in [5.41, 5.74) is 0. The third kappa shape index (κ3) is 12.7. The Morgan fingerprint density at radius 3 is 1.41 bits per heavy atom. The highest BCUT2D eigenvalue weighted by atomic mass is 16.5. The lowest BCUT2D eigenvalue weighted by Gasteiger charge is -1.92. The molecule has 0 spiro atoms. The second-order valence-corrected chi connectivity index (χ2v) is 2.15. The van der Waals surface area contributed by atoms with E-state index in [0.29, 0.717) is 5.06 Å². The van der Waals surface area contributed by atoms with Crippen molar-refractivity contribution in [2.24, 2.45) is 0 Å². The summed E-state index contributed by atoms with van der Waals surface area (Å²) < 4.78 is 0. The highest BCUT2D eigenvalue weighted by Gasteiger charge is 1.69. The summed E-state index contributed by atoms with van der Waals surface area (Å²) in [4.78, 5) is 0. The lowest BCUT2D eigenvalue weighted by atomic mass is 10.5. The van der Waals surface area contributed by atoms with Crippen LogP contribution >= 0.6 is 0 Å². The molecule has 0 aromatic carbocycles. The first kappa shape index (κ1) is 13.7. The lowest BCUT2D eigenvalue weighted by molar-refractivity contribution is 0.0000440. The summed E-state index contributed by atoms with van der Waals surface area (Å²) >= 11 is 0. The van der Waals surface area contributed by atoms with Gasteiger partial charge in [-0.05, 0) is 35.5 Å². The molecule has 0 bridgehead atoms. The second-order valence-electron chi connectivity index (χ2n) is 2.15. The number of terminal acetylenes is 1. The van der Waals surface area contributed by atoms with Crippen molar-refractivity contribution in [3.05, 3.63) is 0 Å². The van der Waals surface area contributed by atoms with Crippen LogP contribution in [0, 0.1) is 83.5 Å². The van der Waals surface area contributed by atoms with Crippen molar-refractivity contribution in [2.45, 2.75) is 0 Å². The smallest absolute Gasteiger partial charge is 0.0476 e. The Labute approximate surface area is 101 Å². The highest BCUT2D eigenvalue weighted by Crippen LogP contribution is 1.62. The molecule has 0 heterocycles. The number of hydrogen-bond donors (Lipinski definition) is 1. The molecule has 0 saturated heterocycles. The molecule has 0 saturated carbocycles. The fourth-order valence-electron chi connectivity index (χ4n) is 0.426. The van der Waals surface area contributed by atoms with Gasteiger partial charge in [0.05, 0.1) is 0 Å². The van der Waals surface area contributed by atoms with Crippen molar-refractivity contribution in [2.75, 3.05) is 7.05 Å². The molecule has 0 aliphatic carbocycles. The molecule has 2 heteroatoms. The first-order valence-electron chi connectivity index (χ1n) is 4.16. The molecule has 17 heavy (non-hydrogen) atoms. The van der Waals surface area contributed by atoms with Crippen molar-refractivity contribution in [1.82, 2.24) is 5.06 Å². The summed E-state index contributed by atoms with van der Waals surface area (Å²) in [7, 11) is 1.38. The predicted octanol–water partition coefficient (Wildman–Crippen LogP) is -0.0815. The Kier molecular flexibility index (Phi) is 8.66. The van der Waals surface area contributed by atoms with E-state index in [1.807, 2.05) is 0 Å². The Hall–Kier alpha value is -3.32. The van der Waals surface area contributed by atoms with Gasteiger partial charge in [0.25, 0.3) is 0 Å². The highest BCUT2D eigenvalue weighted by molar-refractivity contribution is 5.44. The summed E-state index contributed by atoms with van der Waals surface area (Å²) in [6.07, 6.45) is 4.87. The lowest BCUT2D eigenvalue weighted by Crippen LogP contribution is -2.01. The average Bonchev–Trinajstić information content (AvgIpc) is 2.30. The van der Waals surface area contributed by atoms with Crippen LogP contribution in [0.2, 0.25) is 0 Å². The van der Waals surface area contributed by atoms with Crippen molar-refractivity contribution in [1.29, 1.82) is 0 Å². The van der Waals surface area contributed by atoms with E-state index in [2.05, 4.69) is 77.1 Å². The molecule has 0 fully saturated rings. The van der Waals surface area contributed by atoms with E-state index in [4.69, 9.17) is 11.6 Å². The van der Waals surface area contributed by atoms with Crippen LogP contribution in [0.4, 0.5) is 0 Å². The van der Waals surface area contributed by atoms with Crippen LogP contribution in [-0.4, -0.2) is 17.3 Å². The third-order valence-corrected chi connectivity index (χ3v) is 0.915. The van der Waals surface area contributed by atoms with Crippen LogP contribution in [0.5, 0.6) is 0 Å². The van der Waals surface area contributed by atoms with Gasteiger partial charge < -0.3 is 0 Å². The number of rotatable bonds is 0. The average molecular weight is 215 g/mol. The third-order valence-electron chi connectivity index (χ3n) is 0.915. The first-order chi connectivity index (χ1) is 8.27. The second kappa shape index (κ2) is 10.8. The monoisotopic (exact) mass is 215 g/mol. The van der Waals surface area contributed by atoms with Crippen molar-refractivity contribution in [3.63, 3.8) is 0 Å². The Morgan fingerprint density at radius 2 is 1.06 bits per heavy atom. The van der Waals surface area contributed by atoms with Gasteiger partial charge in [-0.25, -0.2) is 5.06 Å². The molecule has 0 aliphatic rings. The summed E-state index contributed by atoms with van der Waals surface area (Å²) in [5, 5.41) is 9.31. The molecule has 0 unspecified atom stereocenters. The van der Waals surface area contributed by atoms with Crippen LogP contribution in [0.1, 0.15) is 0 Å². The number of nitrogens with zero attached hydrogens (tertiary/aromatic N) is 1. The molecular weight excluding hydrogens is 210 g/mol. The van der Waals surface area contributed by atoms with Crippen molar-refractivity contribution in [3.8, 4) is 83.5 Å². The van der Waals surface area contributed by atoms with Gasteiger partial charge in [0.2, 0.25) is 0 Å². The van der Waals surface area contributed by atoms with Crippen LogP contribution < -0.4 is 0 Å². The fraction of sp³-hybridized carbons (Fsp3) is 0.0667. The van der Waals surface area contributed by atoms with Gasteiger partial charge in [-0.15, -0.1) is 6.42 Å². The minimum Gasteiger partial charge on any atom is -0.281 e. The molecule has 76 valence electrons. The number of hydrogen-bond acceptors (Lipinski definition) is 2. The summed E-state index contributed by atoms with van der Waals surface area (Å²) in [5.74, 6) is 28.6. The molecule has 2 nitrogen and oxygen atoms in total. The van der Waals surface area contributed by atoms with Crippen LogP contribution in [0.3, 0.4) is 0 Å². The van der Waals surface area contributed by atoms with Crippen LogP contribution in [-0.2, 0) is 0 Å². The maximum Gasteiger partial charge on any atom is 0.0476 e. The van der Waals surface area contributed by atoms with E-state index in [9.17, 15) is 0 Å². The zero-order chi connectivity index (χ0) is 12.8. The number of hydroxylamine groups is 2. The van der Waals surface area contributed by atoms with Crippen molar-refractivity contribution < 1.29 is 5.21 Å². The molecule has 0 aromatic rings. The molecule has 0 radical (unpaired) electrons. The van der Waals surface area contributed by atoms with E-state index < -0.39 is 0 Å². The van der Waals surface area contributed by atoms with E-state index >= 15 is 0 Å². The predicted molar refractivity (Wildman–Crippen MR) is 65.0 cm³/mol. The Morgan fingerprint density at radius 1 is 0.706 bits per heavy atom. The molecular formula is C15H5NO. The largest absolute Gasteiger partial charge is 0.281 e. The molecule has 0 rings (SSSR count). The van der Waals surface area contributed by atoms with Gasteiger partial charge in [-0.3, -0.25) is 5.21 Å². The minimum absolute atomic E-state index is 0.703. The van der Waals surface area contributed by atoms with Crippen LogP contribution in [0.15, 0.2) is 0 Å². The maximum absolute atomic E-state index is 8.61. The van der Waals surface area contributed by atoms with Crippen molar-refractivity contribution >= 4 is 0 Å². The van der Waals surface area contributed by atoms with Gasteiger partial charge in [0.1, 0.15) is 0 Å². The quantitative estimate of drug-likeness (QED) is 0.347. The summed E-state index contributed by atoms with van der Waals surface area (Å²) in [6.45, 7) is 0. The molecule has 0 atom stereocenters. The van der Waals surface area contributed by atoms with E-state index in [0.717, 1.165) is 0 Å². The standard InChI is InChI=1S/C15H5NO/c1-3-4-5-6-7-8-9-10-11-12-13-14-15-16(2)17/h1,17H,2H3. The SMILES string of the molecule is C#CC#CC#CC#CC#CC#CC#CN(C)O. The maximum atomic E-state index is 8.61. The molecule has 0 aliphatic heterocycles. The minimum atomic E-state index is 0.703.